The molecule has 0 bridgehead atoms. The molecule has 2 N–H and O–H groups in total. The van der Waals surface area contributed by atoms with E-state index in [1.54, 1.807) is 0 Å². The summed E-state index contributed by atoms with van der Waals surface area (Å²) in [5, 5.41) is 12.1. The van der Waals surface area contributed by atoms with Gasteiger partial charge in [0.05, 0.1) is 0 Å². The van der Waals surface area contributed by atoms with E-state index >= 15 is 0 Å². The van der Waals surface area contributed by atoms with E-state index in [-0.39, 0.29) is 0 Å². The second kappa shape index (κ2) is 7.79. The van der Waals surface area contributed by atoms with Gasteiger partial charge in [-0.15, -0.1) is 0 Å². The number of ether oxygens (including phenoxy) is 1. The number of nitrogens with one attached hydrogen (secondary N) is 1. The van der Waals surface area contributed by atoms with E-state index in [1.165, 1.54) is 0 Å². The number of rotatable bonds is 8. The molecular weight excluding hydrogens is 242 g/mol. The lowest BCUT2D eigenvalue weighted by Crippen LogP contribution is -2.39. The number of carboxylic acid groups (broad SMARTS) is 1. The molecule has 0 spiro atoms. The van der Waals surface area contributed by atoms with Gasteiger partial charge in [-0.3, -0.25) is 4.79 Å². The maximum absolute atomic E-state index is 11.0. The van der Waals surface area contributed by atoms with Crippen LogP contribution in [0.1, 0.15) is 25.8 Å². The average Bonchev–Trinajstić information content (AvgIpc) is 2.32. The van der Waals surface area contributed by atoms with Gasteiger partial charge in [0.25, 0.3) is 0 Å². The zero-order valence-corrected chi connectivity index (χ0v) is 11.8. The summed E-state index contributed by atoms with van der Waals surface area (Å²) in [4.78, 5) is 11.0. The van der Waals surface area contributed by atoms with Crippen LogP contribution in [-0.4, -0.2) is 30.3 Å². The molecule has 0 aromatic heterocycles. The smallest absolute Gasteiger partial charge is 0.320 e. The van der Waals surface area contributed by atoms with E-state index in [4.69, 9.17) is 9.84 Å². The molecule has 0 aliphatic heterocycles. The zero-order valence-electron chi connectivity index (χ0n) is 11.8. The fourth-order valence-corrected chi connectivity index (χ4v) is 1.85. The Bertz CT molecular complexity index is 404. The topological polar surface area (TPSA) is 58.6 Å². The molecule has 106 valence electrons. The monoisotopic (exact) mass is 265 g/mol. The van der Waals surface area contributed by atoms with E-state index < -0.39 is 12.0 Å². The standard InChI is InChI=1S/C15H23NO3/c1-11(2)9-14(15(17)18)16-7-8-19-13-6-4-5-12(3)10-13/h4-6,10-11,14,16H,7-9H2,1-3H3,(H,17,18). The van der Waals surface area contributed by atoms with Gasteiger partial charge in [-0.1, -0.05) is 26.0 Å². The molecule has 0 radical (unpaired) electrons. The quantitative estimate of drug-likeness (QED) is 0.709. The van der Waals surface area contributed by atoms with Gasteiger partial charge in [-0.25, -0.2) is 0 Å². The summed E-state index contributed by atoms with van der Waals surface area (Å²) in [6.45, 7) is 7.03. The molecule has 0 fully saturated rings. The first-order valence-electron chi connectivity index (χ1n) is 6.64. The Morgan fingerprint density at radius 1 is 1.42 bits per heavy atom. The largest absolute Gasteiger partial charge is 0.492 e. The predicted octanol–water partition coefficient (Wildman–Crippen LogP) is 2.46. The van der Waals surface area contributed by atoms with Gasteiger partial charge >= 0.3 is 5.97 Å². The molecule has 19 heavy (non-hydrogen) atoms. The van der Waals surface area contributed by atoms with E-state index in [0.717, 1.165) is 11.3 Å². The number of hydrogen-bond donors (Lipinski definition) is 2. The van der Waals surface area contributed by atoms with E-state index in [9.17, 15) is 4.79 Å². The highest BCUT2D eigenvalue weighted by molar-refractivity contribution is 5.73. The first-order chi connectivity index (χ1) is 8.99. The minimum atomic E-state index is -0.802. The van der Waals surface area contributed by atoms with Crippen LogP contribution in [0, 0.1) is 12.8 Å². The maximum Gasteiger partial charge on any atom is 0.320 e. The van der Waals surface area contributed by atoms with Crippen molar-refractivity contribution >= 4 is 5.97 Å². The summed E-state index contributed by atoms with van der Waals surface area (Å²) in [6, 6.07) is 7.31. The zero-order chi connectivity index (χ0) is 14.3. The van der Waals surface area contributed by atoms with E-state index in [1.807, 2.05) is 45.0 Å². The van der Waals surface area contributed by atoms with Crippen LogP contribution < -0.4 is 10.1 Å². The fourth-order valence-electron chi connectivity index (χ4n) is 1.85. The highest BCUT2D eigenvalue weighted by Gasteiger charge is 2.17. The molecule has 1 atom stereocenters. The van der Waals surface area contributed by atoms with Gasteiger partial charge in [-0.2, -0.15) is 0 Å². The van der Waals surface area contributed by atoms with Crippen molar-refractivity contribution < 1.29 is 14.6 Å². The summed E-state index contributed by atoms with van der Waals surface area (Å²) < 4.78 is 5.57. The first-order valence-corrected chi connectivity index (χ1v) is 6.64. The van der Waals surface area contributed by atoms with Gasteiger partial charge < -0.3 is 15.2 Å². The highest BCUT2D eigenvalue weighted by atomic mass is 16.5. The van der Waals surface area contributed by atoms with Crippen molar-refractivity contribution in [2.24, 2.45) is 5.92 Å². The first kappa shape index (κ1) is 15.5. The van der Waals surface area contributed by atoms with Crippen molar-refractivity contribution in [2.75, 3.05) is 13.2 Å². The molecule has 1 aromatic rings. The fraction of sp³-hybridized carbons (Fsp3) is 0.533. The minimum Gasteiger partial charge on any atom is -0.492 e. The van der Waals surface area contributed by atoms with Gasteiger partial charge in [0.2, 0.25) is 0 Å². The van der Waals surface area contributed by atoms with Crippen LogP contribution in [0.25, 0.3) is 0 Å². The Balaban J connectivity index is 2.30. The lowest BCUT2D eigenvalue weighted by molar-refractivity contribution is -0.139. The van der Waals surface area contributed by atoms with Gasteiger partial charge in [0, 0.05) is 6.54 Å². The second-order valence-electron chi connectivity index (χ2n) is 5.14. The minimum absolute atomic E-state index is 0.353. The van der Waals surface area contributed by atoms with Crippen molar-refractivity contribution in [3.63, 3.8) is 0 Å². The lowest BCUT2D eigenvalue weighted by atomic mass is 10.0. The molecule has 0 aliphatic rings. The molecule has 1 aromatic carbocycles. The van der Waals surface area contributed by atoms with Crippen LogP contribution in [0.3, 0.4) is 0 Å². The molecule has 1 rings (SSSR count). The average molecular weight is 265 g/mol. The molecule has 4 heteroatoms. The summed E-state index contributed by atoms with van der Waals surface area (Å²) >= 11 is 0. The number of carbonyl (C=O) groups is 1. The molecule has 0 saturated carbocycles. The number of aliphatic carboxylic acids is 1. The Morgan fingerprint density at radius 2 is 2.16 bits per heavy atom. The summed E-state index contributed by atoms with van der Waals surface area (Å²) in [5.41, 5.74) is 1.15. The maximum atomic E-state index is 11.0. The number of carboxylic acids is 1. The summed E-state index contributed by atoms with van der Waals surface area (Å²) in [7, 11) is 0. The molecule has 0 amide bonds. The van der Waals surface area contributed by atoms with Crippen LogP contribution in [-0.2, 0) is 4.79 Å². The van der Waals surface area contributed by atoms with Crippen molar-refractivity contribution in [3.8, 4) is 5.75 Å². The van der Waals surface area contributed by atoms with Gasteiger partial charge in [-0.05, 0) is 37.0 Å². The Hall–Kier alpha value is -1.55. The van der Waals surface area contributed by atoms with Crippen molar-refractivity contribution in [3.05, 3.63) is 29.8 Å². The summed E-state index contributed by atoms with van der Waals surface area (Å²) in [5.74, 6) is 0.369. The molecule has 0 saturated heterocycles. The van der Waals surface area contributed by atoms with Gasteiger partial charge in [0.1, 0.15) is 18.4 Å². The number of hydrogen-bond acceptors (Lipinski definition) is 3. The van der Waals surface area contributed by atoms with Crippen molar-refractivity contribution in [1.29, 1.82) is 0 Å². The third-order valence-electron chi connectivity index (χ3n) is 2.76. The van der Waals surface area contributed by atoms with Crippen LogP contribution in [0.2, 0.25) is 0 Å². The second-order valence-corrected chi connectivity index (χ2v) is 5.14. The SMILES string of the molecule is Cc1cccc(OCCNC(CC(C)C)C(=O)O)c1. The summed E-state index contributed by atoms with van der Waals surface area (Å²) in [6.07, 6.45) is 0.625. The third-order valence-corrected chi connectivity index (χ3v) is 2.76. The Kier molecular flexibility index (Phi) is 6.36. The van der Waals surface area contributed by atoms with Crippen LogP contribution in [0.4, 0.5) is 0 Å². The van der Waals surface area contributed by atoms with Crippen molar-refractivity contribution in [2.45, 2.75) is 33.2 Å². The van der Waals surface area contributed by atoms with Crippen LogP contribution in [0.15, 0.2) is 24.3 Å². The van der Waals surface area contributed by atoms with Crippen LogP contribution >= 0.6 is 0 Å². The molecule has 0 heterocycles. The third kappa shape index (κ3) is 6.25. The Morgan fingerprint density at radius 3 is 2.74 bits per heavy atom. The van der Waals surface area contributed by atoms with E-state index in [0.29, 0.717) is 25.5 Å². The number of benzene rings is 1. The predicted molar refractivity (Wildman–Crippen MR) is 75.6 cm³/mol. The molecule has 0 aliphatic carbocycles. The normalized spacial score (nSPS) is 12.4. The molecule has 1 unspecified atom stereocenters. The van der Waals surface area contributed by atoms with Crippen molar-refractivity contribution in [1.82, 2.24) is 5.32 Å². The van der Waals surface area contributed by atoms with Crippen LogP contribution in [0.5, 0.6) is 5.75 Å². The Labute approximate surface area is 114 Å². The number of aryl methyl sites for hydroxylation is 1. The highest BCUT2D eigenvalue weighted by Crippen LogP contribution is 2.12. The van der Waals surface area contributed by atoms with E-state index in [2.05, 4.69) is 5.32 Å². The molecule has 4 nitrogen and oxygen atoms in total. The molecular formula is C15H23NO3. The van der Waals surface area contributed by atoms with Gasteiger partial charge in [0.15, 0.2) is 0 Å². The lowest BCUT2D eigenvalue weighted by Gasteiger charge is -2.16.